The van der Waals surface area contributed by atoms with Crippen LogP contribution in [0.25, 0.3) is 6.08 Å². The van der Waals surface area contributed by atoms with Crippen molar-refractivity contribution in [1.82, 2.24) is 0 Å². The van der Waals surface area contributed by atoms with Crippen molar-refractivity contribution < 1.29 is 42.6 Å². The highest BCUT2D eigenvalue weighted by atomic mass is 16.7. The molecule has 2 aliphatic rings. The van der Waals surface area contributed by atoms with Gasteiger partial charge in [-0.3, -0.25) is 0 Å². The summed E-state index contributed by atoms with van der Waals surface area (Å²) in [5, 5.41) is 0. The predicted octanol–water partition coefficient (Wildman–Crippen LogP) is 6.38. The molecule has 2 unspecified atom stereocenters. The van der Waals surface area contributed by atoms with Crippen LogP contribution in [0.15, 0.2) is 60.7 Å². The average molecular weight is 593 g/mol. The van der Waals surface area contributed by atoms with E-state index in [0.717, 1.165) is 36.0 Å². The van der Waals surface area contributed by atoms with Crippen molar-refractivity contribution in [2.45, 2.75) is 44.4 Å². The maximum atomic E-state index is 6.31. The van der Waals surface area contributed by atoms with E-state index < -0.39 is 0 Å². The van der Waals surface area contributed by atoms with Gasteiger partial charge in [0.25, 0.3) is 0 Å². The van der Waals surface area contributed by atoms with Gasteiger partial charge in [-0.2, -0.15) is 0 Å². The summed E-state index contributed by atoms with van der Waals surface area (Å²) in [6, 6.07) is 17.6. The molecule has 5 rings (SSSR count). The predicted molar refractivity (Wildman–Crippen MR) is 162 cm³/mol. The first kappa shape index (κ1) is 30.5. The lowest BCUT2D eigenvalue weighted by molar-refractivity contribution is -0.107. The van der Waals surface area contributed by atoms with Gasteiger partial charge in [-0.25, -0.2) is 0 Å². The Bertz CT molecular complexity index is 1300. The molecule has 0 N–H and O–H groups in total. The highest BCUT2D eigenvalue weighted by molar-refractivity contribution is 5.62. The first-order chi connectivity index (χ1) is 21.1. The summed E-state index contributed by atoms with van der Waals surface area (Å²) in [7, 11) is 6.45. The fourth-order valence-corrected chi connectivity index (χ4v) is 4.98. The van der Waals surface area contributed by atoms with Crippen LogP contribution in [0.2, 0.25) is 0 Å². The van der Waals surface area contributed by atoms with Crippen molar-refractivity contribution in [1.29, 1.82) is 0 Å². The van der Waals surface area contributed by atoms with Crippen LogP contribution in [0.3, 0.4) is 0 Å². The lowest BCUT2D eigenvalue weighted by atomic mass is 10.0. The summed E-state index contributed by atoms with van der Waals surface area (Å²) >= 11 is 0. The Morgan fingerprint density at radius 3 is 2.05 bits per heavy atom. The third kappa shape index (κ3) is 7.93. The molecule has 9 nitrogen and oxygen atoms in total. The van der Waals surface area contributed by atoms with E-state index in [1.165, 1.54) is 0 Å². The van der Waals surface area contributed by atoms with Crippen molar-refractivity contribution in [2.24, 2.45) is 0 Å². The average Bonchev–Trinajstić information content (AvgIpc) is 3.90. The molecule has 2 saturated heterocycles. The van der Waals surface area contributed by atoms with Gasteiger partial charge < -0.3 is 42.6 Å². The van der Waals surface area contributed by atoms with Gasteiger partial charge in [0.15, 0.2) is 29.3 Å². The maximum Gasteiger partial charge on any atom is 0.206 e. The first-order valence-corrected chi connectivity index (χ1v) is 14.5. The molecule has 2 heterocycles. The zero-order valence-electron chi connectivity index (χ0n) is 25.2. The SMILES string of the molecule is COc1cc(C=CCO[C@@H](c2cc(OC)c(OC3CCCCO3)c(OC)c2)C2CO2)cc(OC)c1OCc1ccccc1. The van der Waals surface area contributed by atoms with E-state index in [0.29, 0.717) is 60.9 Å². The number of hydrogen-bond acceptors (Lipinski definition) is 9. The number of ether oxygens (including phenoxy) is 9. The minimum absolute atomic E-state index is 0.0579. The number of methoxy groups -OCH3 is 4. The molecular formula is C34H40O9. The Labute approximate surface area is 253 Å². The summed E-state index contributed by atoms with van der Waals surface area (Å²) in [5.74, 6) is 3.36. The molecule has 2 fully saturated rings. The monoisotopic (exact) mass is 592 g/mol. The van der Waals surface area contributed by atoms with Crippen molar-refractivity contribution in [2.75, 3.05) is 48.3 Å². The van der Waals surface area contributed by atoms with E-state index in [2.05, 4.69) is 0 Å². The van der Waals surface area contributed by atoms with Crippen molar-refractivity contribution in [3.05, 3.63) is 77.4 Å². The molecule has 2 aliphatic heterocycles. The number of hydrogen-bond donors (Lipinski definition) is 0. The Kier molecular flexibility index (Phi) is 10.7. The van der Waals surface area contributed by atoms with Gasteiger partial charge in [-0.15, -0.1) is 0 Å². The van der Waals surface area contributed by atoms with Gasteiger partial charge in [0.2, 0.25) is 11.5 Å². The molecule has 0 saturated carbocycles. The topological polar surface area (TPSA) is 86.4 Å². The van der Waals surface area contributed by atoms with Crippen LogP contribution in [0.5, 0.6) is 34.5 Å². The Morgan fingerprint density at radius 1 is 0.814 bits per heavy atom. The highest BCUT2D eigenvalue weighted by Gasteiger charge is 2.36. The minimum Gasteiger partial charge on any atom is -0.493 e. The number of benzene rings is 3. The van der Waals surface area contributed by atoms with Gasteiger partial charge in [0, 0.05) is 6.42 Å². The zero-order valence-corrected chi connectivity index (χ0v) is 25.2. The van der Waals surface area contributed by atoms with E-state index >= 15 is 0 Å². The fraction of sp³-hybridized carbons (Fsp3) is 0.412. The van der Waals surface area contributed by atoms with Gasteiger partial charge >= 0.3 is 0 Å². The molecule has 3 atom stereocenters. The number of rotatable bonds is 15. The second kappa shape index (κ2) is 15.0. The smallest absolute Gasteiger partial charge is 0.206 e. The zero-order chi connectivity index (χ0) is 30.0. The normalized spacial score (nSPS) is 18.6. The van der Waals surface area contributed by atoms with E-state index in [4.69, 9.17) is 42.6 Å². The van der Waals surface area contributed by atoms with Crippen LogP contribution in [0.1, 0.15) is 42.1 Å². The first-order valence-electron chi connectivity index (χ1n) is 14.5. The van der Waals surface area contributed by atoms with E-state index in [1.807, 2.05) is 66.7 Å². The van der Waals surface area contributed by atoms with E-state index in [9.17, 15) is 0 Å². The Balaban J connectivity index is 1.27. The summed E-state index contributed by atoms with van der Waals surface area (Å²) in [6.45, 7) is 2.05. The third-order valence-corrected chi connectivity index (χ3v) is 7.29. The highest BCUT2D eigenvalue weighted by Crippen LogP contribution is 2.44. The quantitative estimate of drug-likeness (QED) is 0.187. The van der Waals surface area contributed by atoms with Crippen LogP contribution in [-0.4, -0.2) is 60.7 Å². The maximum absolute atomic E-state index is 6.31. The standard InChI is InChI=1S/C34H40O9/c1-35-26-17-24(18-27(36-2)33(26)42-21-23-11-6-5-7-12-23)13-10-16-40-32(30-22-41-30)25-19-28(37-3)34(29(20-25)38-4)43-31-14-8-9-15-39-31/h5-7,10-13,17-20,30-32H,8-9,14-16,21-22H2,1-4H3/t30?,31?,32-/m0/s1. The fourth-order valence-electron chi connectivity index (χ4n) is 4.98. The summed E-state index contributed by atoms with van der Waals surface area (Å²) in [6.07, 6.45) is 6.12. The summed E-state index contributed by atoms with van der Waals surface area (Å²) < 4.78 is 52.6. The molecule has 0 aromatic heterocycles. The van der Waals surface area contributed by atoms with Crippen LogP contribution in [-0.2, 0) is 20.8 Å². The minimum atomic E-state index is -0.326. The van der Waals surface area contributed by atoms with Crippen molar-refractivity contribution >= 4 is 6.08 Å². The molecular weight excluding hydrogens is 552 g/mol. The molecule has 3 aromatic rings. The molecule has 230 valence electrons. The van der Waals surface area contributed by atoms with Gasteiger partial charge in [0.1, 0.15) is 18.8 Å². The Morgan fingerprint density at radius 2 is 1.47 bits per heavy atom. The van der Waals surface area contributed by atoms with Crippen LogP contribution in [0, 0.1) is 0 Å². The molecule has 0 aliphatic carbocycles. The molecule has 0 bridgehead atoms. The third-order valence-electron chi connectivity index (χ3n) is 7.29. The van der Waals surface area contributed by atoms with E-state index in [1.54, 1.807) is 28.4 Å². The summed E-state index contributed by atoms with van der Waals surface area (Å²) in [4.78, 5) is 0. The van der Waals surface area contributed by atoms with Crippen LogP contribution < -0.4 is 28.4 Å². The molecule has 43 heavy (non-hydrogen) atoms. The molecule has 0 amide bonds. The second-order valence-corrected chi connectivity index (χ2v) is 10.2. The van der Waals surface area contributed by atoms with Gasteiger partial charge in [-0.05, 0) is 53.8 Å². The molecule has 9 heteroatoms. The van der Waals surface area contributed by atoms with Gasteiger partial charge in [-0.1, -0.05) is 42.5 Å². The second-order valence-electron chi connectivity index (χ2n) is 10.2. The molecule has 0 radical (unpaired) electrons. The largest absolute Gasteiger partial charge is 0.493 e. The number of epoxide rings is 1. The molecule has 0 spiro atoms. The van der Waals surface area contributed by atoms with Crippen LogP contribution >= 0.6 is 0 Å². The van der Waals surface area contributed by atoms with Crippen LogP contribution in [0.4, 0.5) is 0 Å². The van der Waals surface area contributed by atoms with Gasteiger partial charge in [0.05, 0.1) is 48.3 Å². The lowest BCUT2D eigenvalue weighted by Gasteiger charge is -2.26. The lowest BCUT2D eigenvalue weighted by Crippen LogP contribution is -2.25. The van der Waals surface area contributed by atoms with E-state index in [-0.39, 0.29) is 18.5 Å². The molecule has 3 aromatic carbocycles. The van der Waals surface area contributed by atoms with Crippen molar-refractivity contribution in [3.8, 4) is 34.5 Å². The Hall–Kier alpha value is -3.92. The van der Waals surface area contributed by atoms with Crippen molar-refractivity contribution in [3.63, 3.8) is 0 Å². The summed E-state index contributed by atoms with van der Waals surface area (Å²) in [5.41, 5.74) is 2.82.